The van der Waals surface area contributed by atoms with E-state index in [4.69, 9.17) is 11.6 Å². The fourth-order valence-corrected chi connectivity index (χ4v) is 9.00. The molecule has 2 saturated heterocycles. The molecule has 3 fully saturated rings. The van der Waals surface area contributed by atoms with Crippen LogP contribution in [-0.4, -0.2) is 94.2 Å². The second-order valence-corrected chi connectivity index (χ2v) is 16.8. The number of fused-ring (bicyclic) bond motifs is 1. The summed E-state index contributed by atoms with van der Waals surface area (Å²) in [6.45, 7) is 2.45. The zero-order valence-corrected chi connectivity index (χ0v) is 35.9. The van der Waals surface area contributed by atoms with E-state index in [1.165, 1.54) is 11.8 Å². The highest BCUT2D eigenvalue weighted by Crippen LogP contribution is 2.32. The third-order valence-corrected chi connectivity index (χ3v) is 12.6. The van der Waals surface area contributed by atoms with E-state index in [9.17, 15) is 24.0 Å². The Labute approximate surface area is 371 Å². The van der Waals surface area contributed by atoms with E-state index in [0.717, 1.165) is 61.9 Å². The summed E-state index contributed by atoms with van der Waals surface area (Å²) in [6.07, 6.45) is 8.28. The molecule has 4 heterocycles. The molecule has 1 aliphatic carbocycles. The van der Waals surface area contributed by atoms with Crippen molar-refractivity contribution in [3.63, 3.8) is 0 Å². The molecule has 3 aromatic carbocycles. The molecule has 4 aliphatic rings. The molecule has 4 aromatic rings. The number of carbonyl (C=O) groups is 5. The van der Waals surface area contributed by atoms with Crippen molar-refractivity contribution in [2.24, 2.45) is 0 Å². The number of imide groups is 1. The molecular weight excluding hydrogens is 820 g/mol. The van der Waals surface area contributed by atoms with Crippen molar-refractivity contribution >= 4 is 64.4 Å². The monoisotopic (exact) mass is 870 g/mol. The van der Waals surface area contributed by atoms with Crippen LogP contribution in [0.25, 0.3) is 0 Å². The quantitative estimate of drug-likeness (QED) is 0.0596. The predicted molar refractivity (Wildman–Crippen MR) is 240 cm³/mol. The molecule has 6 N–H and O–H groups in total. The van der Waals surface area contributed by atoms with Gasteiger partial charge in [-0.15, -0.1) is 0 Å². The van der Waals surface area contributed by atoms with Gasteiger partial charge in [0.2, 0.25) is 17.8 Å². The molecule has 16 heteroatoms. The van der Waals surface area contributed by atoms with Crippen molar-refractivity contribution in [2.45, 2.75) is 88.4 Å². The standard InChI is InChI=1S/C47H51ClN10O5/c1-49-43(60)36-9-2-3-11-39(36)54-42-38(48)27-51-46(56-42)52-33-14-12-29(13-15-33)30-22-25-57(26-23-30)47(63)53-34-18-16-32(17-19-34)50-24-5-4-7-31-8-6-10-35-37(31)28-58(45(35)62)40-20-21-41(59)55-44(40)61/h2-3,6,8-15,27,30,32,34,40,50H,5,16-26,28H2,1H3,(H,49,60)(H,53,63)(H,55,59,61)(H2,51,52,54,56)/t32-,34+,40?. The lowest BCUT2D eigenvalue weighted by atomic mass is 9.89. The van der Waals surface area contributed by atoms with Crippen LogP contribution < -0.4 is 31.9 Å². The Morgan fingerprint density at radius 3 is 2.41 bits per heavy atom. The Bertz CT molecular complexity index is 2440. The smallest absolute Gasteiger partial charge is 0.317 e. The van der Waals surface area contributed by atoms with Gasteiger partial charge in [0.1, 0.15) is 11.1 Å². The molecule has 15 nitrogen and oxygen atoms in total. The molecule has 0 spiro atoms. The third kappa shape index (κ3) is 10.2. The van der Waals surface area contributed by atoms with Gasteiger partial charge < -0.3 is 36.4 Å². The second-order valence-electron chi connectivity index (χ2n) is 16.4. The summed E-state index contributed by atoms with van der Waals surface area (Å²) in [5.41, 5.74) is 5.27. The van der Waals surface area contributed by atoms with Crippen molar-refractivity contribution < 1.29 is 24.0 Å². The topological polar surface area (TPSA) is 190 Å². The minimum atomic E-state index is -0.649. The van der Waals surface area contributed by atoms with Crippen LogP contribution in [0.3, 0.4) is 0 Å². The highest BCUT2D eigenvalue weighted by molar-refractivity contribution is 6.33. The highest BCUT2D eigenvalue weighted by Gasteiger charge is 2.39. The molecule has 8 rings (SSSR count). The van der Waals surface area contributed by atoms with E-state index >= 15 is 0 Å². The number of amides is 6. The lowest BCUT2D eigenvalue weighted by Crippen LogP contribution is -2.52. The van der Waals surface area contributed by atoms with Crippen molar-refractivity contribution in [1.82, 2.24) is 41.0 Å². The maximum Gasteiger partial charge on any atom is 0.317 e. The molecule has 63 heavy (non-hydrogen) atoms. The summed E-state index contributed by atoms with van der Waals surface area (Å²) in [6, 6.07) is 20.7. The van der Waals surface area contributed by atoms with E-state index in [0.29, 0.717) is 78.0 Å². The number of likely N-dealkylation sites (tertiary alicyclic amines) is 1. The van der Waals surface area contributed by atoms with Gasteiger partial charge in [-0.25, -0.2) is 9.78 Å². The molecule has 0 radical (unpaired) electrons. The van der Waals surface area contributed by atoms with Gasteiger partial charge in [-0.2, -0.15) is 4.98 Å². The SMILES string of the molecule is CNC(=O)c1ccccc1Nc1nc(Nc2ccc(C3CCN(C(=O)N[C@H]4CC[C@@H](NCCC#Cc5cccc6c5CN(C5CCC(=O)NC5=O)C6=O)CC4)CC3)cc2)ncc1Cl. The van der Waals surface area contributed by atoms with E-state index in [1.54, 1.807) is 36.2 Å². The fourth-order valence-electron chi connectivity index (χ4n) is 8.86. The summed E-state index contributed by atoms with van der Waals surface area (Å²) in [5, 5.41) is 18.6. The zero-order chi connectivity index (χ0) is 43.9. The first-order valence-electron chi connectivity index (χ1n) is 21.7. The number of hydrogen-bond acceptors (Lipinski definition) is 10. The Hall–Kier alpha value is -6.50. The number of aromatic nitrogens is 2. The molecule has 1 unspecified atom stereocenters. The molecule has 3 aliphatic heterocycles. The van der Waals surface area contributed by atoms with Gasteiger partial charge in [0.05, 0.1) is 17.4 Å². The number of nitrogens with one attached hydrogen (secondary N) is 6. The molecule has 326 valence electrons. The van der Waals surface area contributed by atoms with Crippen LogP contribution in [0.15, 0.2) is 72.9 Å². The third-order valence-electron chi connectivity index (χ3n) is 12.4. The summed E-state index contributed by atoms with van der Waals surface area (Å²) in [4.78, 5) is 75.2. The average molecular weight is 871 g/mol. The summed E-state index contributed by atoms with van der Waals surface area (Å²) in [5.74, 6) is 6.43. The van der Waals surface area contributed by atoms with Crippen LogP contribution >= 0.6 is 11.6 Å². The van der Waals surface area contributed by atoms with Gasteiger partial charge in [-0.3, -0.25) is 24.5 Å². The second kappa shape index (κ2) is 19.7. The Balaban J connectivity index is 0.737. The minimum absolute atomic E-state index is 0.0166. The molecule has 1 atom stereocenters. The van der Waals surface area contributed by atoms with Crippen molar-refractivity contribution in [2.75, 3.05) is 37.3 Å². The first kappa shape index (κ1) is 43.2. The minimum Gasteiger partial charge on any atom is -0.355 e. The number of urea groups is 1. The van der Waals surface area contributed by atoms with Gasteiger partial charge in [0, 0.05) is 75.0 Å². The predicted octanol–water partition coefficient (Wildman–Crippen LogP) is 5.97. The van der Waals surface area contributed by atoms with E-state index < -0.39 is 11.9 Å². The van der Waals surface area contributed by atoms with Gasteiger partial charge >= 0.3 is 6.03 Å². The zero-order valence-electron chi connectivity index (χ0n) is 35.1. The lowest BCUT2D eigenvalue weighted by Gasteiger charge is -2.35. The summed E-state index contributed by atoms with van der Waals surface area (Å²) >= 11 is 6.41. The number of benzene rings is 3. The Kier molecular flexibility index (Phi) is 13.5. The first-order chi connectivity index (χ1) is 30.6. The maximum absolute atomic E-state index is 13.3. The molecule has 1 saturated carbocycles. The Morgan fingerprint density at radius 1 is 0.889 bits per heavy atom. The highest BCUT2D eigenvalue weighted by atomic mass is 35.5. The number of nitrogens with zero attached hydrogens (tertiary/aromatic N) is 4. The molecular formula is C47H51ClN10O5. The van der Waals surface area contributed by atoms with Gasteiger partial charge in [-0.1, -0.05) is 53.8 Å². The van der Waals surface area contributed by atoms with Crippen LogP contribution in [0, 0.1) is 11.8 Å². The Morgan fingerprint density at radius 2 is 1.65 bits per heavy atom. The van der Waals surface area contributed by atoms with Crippen molar-refractivity contribution in [3.05, 3.63) is 106 Å². The van der Waals surface area contributed by atoms with Crippen molar-refractivity contribution in [1.29, 1.82) is 0 Å². The van der Waals surface area contributed by atoms with Crippen LogP contribution in [0.1, 0.15) is 101 Å². The van der Waals surface area contributed by atoms with Crippen LogP contribution in [0.2, 0.25) is 5.02 Å². The average Bonchev–Trinajstić information content (AvgIpc) is 3.64. The van der Waals surface area contributed by atoms with E-state index in [1.807, 2.05) is 35.2 Å². The first-order valence-corrected chi connectivity index (χ1v) is 22.0. The normalized spacial score (nSPS) is 20.0. The van der Waals surface area contributed by atoms with Crippen LogP contribution in [0.4, 0.5) is 27.9 Å². The van der Waals surface area contributed by atoms with E-state index in [-0.39, 0.29) is 36.2 Å². The van der Waals surface area contributed by atoms with Gasteiger partial charge in [0.25, 0.3) is 11.8 Å². The molecule has 0 bridgehead atoms. The summed E-state index contributed by atoms with van der Waals surface area (Å²) in [7, 11) is 1.58. The number of halogens is 1. The number of hydrogen-bond donors (Lipinski definition) is 6. The van der Waals surface area contributed by atoms with Gasteiger partial charge in [-0.05, 0) is 98.4 Å². The fraction of sp³-hybridized carbons (Fsp3) is 0.383. The lowest BCUT2D eigenvalue weighted by molar-refractivity contribution is -0.136. The largest absolute Gasteiger partial charge is 0.355 e. The maximum atomic E-state index is 13.3. The number of piperidine rings is 2. The van der Waals surface area contributed by atoms with Crippen molar-refractivity contribution in [3.8, 4) is 11.8 Å². The van der Waals surface area contributed by atoms with Gasteiger partial charge in [0.15, 0.2) is 5.82 Å². The summed E-state index contributed by atoms with van der Waals surface area (Å²) < 4.78 is 0. The van der Waals surface area contributed by atoms with Crippen LogP contribution in [-0.2, 0) is 16.1 Å². The van der Waals surface area contributed by atoms with Crippen LogP contribution in [0.5, 0.6) is 0 Å². The number of rotatable bonds is 11. The molecule has 1 aromatic heterocycles. The van der Waals surface area contributed by atoms with E-state index in [2.05, 4.69) is 65.8 Å². The number of para-hydroxylation sites is 1. The number of carbonyl (C=O) groups excluding carboxylic acids is 5. The number of anilines is 4. The molecule has 6 amide bonds.